The molecule has 4 rings (SSSR count). The summed E-state index contributed by atoms with van der Waals surface area (Å²) in [6.07, 6.45) is 0. The number of nitrogens with zero attached hydrogens (tertiary/aromatic N) is 1. The van der Waals surface area contributed by atoms with Gasteiger partial charge in [0.05, 0.1) is 15.8 Å². The van der Waals surface area contributed by atoms with Crippen molar-refractivity contribution in [3.05, 3.63) is 83.4 Å². The normalized spacial score (nSPS) is 10.9. The number of rotatable bonds is 6. The molecule has 0 radical (unpaired) electrons. The number of aromatic carboxylic acids is 1. The number of thiazole rings is 1. The molecule has 1 heterocycles. The molecule has 1 aromatic heterocycles. The Bertz CT molecular complexity index is 1120. The number of hydrogen-bond acceptors (Lipinski definition) is 5. The summed E-state index contributed by atoms with van der Waals surface area (Å²) >= 11 is 3.28. The van der Waals surface area contributed by atoms with Crippen molar-refractivity contribution < 1.29 is 9.90 Å². The van der Waals surface area contributed by atoms with E-state index in [0.717, 1.165) is 33.1 Å². The van der Waals surface area contributed by atoms with E-state index < -0.39 is 5.97 Å². The van der Waals surface area contributed by atoms with Crippen LogP contribution in [0.5, 0.6) is 0 Å². The van der Waals surface area contributed by atoms with Gasteiger partial charge in [-0.15, -0.1) is 11.3 Å². The molecule has 2 N–H and O–H groups in total. The zero-order valence-electron chi connectivity index (χ0n) is 15.2. The lowest BCUT2D eigenvalue weighted by Gasteiger charge is -2.06. The predicted molar refractivity (Wildman–Crippen MR) is 118 cm³/mol. The number of carbonyl (C=O) groups is 1. The maximum atomic E-state index is 10.9. The van der Waals surface area contributed by atoms with Gasteiger partial charge in [0.25, 0.3) is 0 Å². The van der Waals surface area contributed by atoms with Crippen molar-refractivity contribution >= 4 is 45.2 Å². The van der Waals surface area contributed by atoms with Crippen molar-refractivity contribution in [1.29, 1.82) is 0 Å². The second-order valence-electron chi connectivity index (χ2n) is 6.46. The van der Waals surface area contributed by atoms with Crippen molar-refractivity contribution in [2.45, 2.75) is 12.7 Å². The number of nitrogens with one attached hydrogen (secondary N) is 1. The number of anilines is 1. The number of fused-ring (bicyclic) bond motifs is 1. The Hall–Kier alpha value is -2.83. The van der Waals surface area contributed by atoms with Crippen LogP contribution in [0.3, 0.4) is 0 Å². The van der Waals surface area contributed by atoms with E-state index in [1.54, 1.807) is 35.4 Å². The van der Waals surface area contributed by atoms with Gasteiger partial charge in [-0.25, -0.2) is 9.78 Å². The largest absolute Gasteiger partial charge is 0.478 e. The van der Waals surface area contributed by atoms with E-state index in [1.165, 1.54) is 10.3 Å². The fraction of sp³-hybridized carbons (Fsp3) is 0.0909. The summed E-state index contributed by atoms with van der Waals surface area (Å²) in [5, 5.41) is 9.96. The number of carboxylic acids is 1. The summed E-state index contributed by atoms with van der Waals surface area (Å²) in [4.78, 5) is 15.6. The maximum absolute atomic E-state index is 10.9. The van der Waals surface area contributed by atoms with Crippen molar-refractivity contribution in [2.75, 3.05) is 4.72 Å². The Labute approximate surface area is 171 Å². The number of carboxylic acid groups (broad SMARTS) is 1. The first-order valence-corrected chi connectivity index (χ1v) is 10.6. The number of hydrogen-bond donors (Lipinski definition) is 2. The van der Waals surface area contributed by atoms with E-state index in [0.29, 0.717) is 5.56 Å². The number of aromatic nitrogens is 1. The molecule has 0 saturated heterocycles. The summed E-state index contributed by atoms with van der Waals surface area (Å²) in [7, 11) is 0. The molecule has 0 fully saturated rings. The standard InChI is InChI=1S/C22H18N2O2S2/c1-14-2-11-19-20(12-14)28-21(23-19)16-7-9-18(10-8-16)24-27-13-15-3-5-17(6-4-15)22(25)26/h2-12,24H,13H2,1H3,(H,25,26). The summed E-state index contributed by atoms with van der Waals surface area (Å²) in [6, 6.07) is 21.5. The minimum Gasteiger partial charge on any atom is -0.478 e. The maximum Gasteiger partial charge on any atom is 0.335 e. The number of aryl methyl sites for hydroxylation is 1. The van der Waals surface area contributed by atoms with Crippen molar-refractivity contribution in [1.82, 2.24) is 4.98 Å². The third-order valence-corrected chi connectivity index (χ3v) is 6.23. The van der Waals surface area contributed by atoms with Gasteiger partial charge in [-0.3, -0.25) is 0 Å². The first kappa shape index (κ1) is 18.5. The summed E-state index contributed by atoms with van der Waals surface area (Å²) in [5.74, 6) is -0.153. The Morgan fingerprint density at radius 1 is 1.07 bits per heavy atom. The smallest absolute Gasteiger partial charge is 0.335 e. The molecule has 28 heavy (non-hydrogen) atoms. The molecule has 0 aliphatic carbocycles. The highest BCUT2D eigenvalue weighted by Gasteiger charge is 2.07. The van der Waals surface area contributed by atoms with Crippen LogP contribution in [0.25, 0.3) is 20.8 Å². The average Bonchev–Trinajstić information content (AvgIpc) is 3.12. The molecule has 0 aliphatic heterocycles. The van der Waals surface area contributed by atoms with Gasteiger partial charge in [0.2, 0.25) is 0 Å². The van der Waals surface area contributed by atoms with Crippen LogP contribution in [0, 0.1) is 6.92 Å². The molecule has 140 valence electrons. The molecular formula is C22H18N2O2S2. The molecule has 0 atom stereocenters. The van der Waals surface area contributed by atoms with Crippen LogP contribution in [0.1, 0.15) is 21.5 Å². The zero-order valence-corrected chi connectivity index (χ0v) is 16.8. The SMILES string of the molecule is Cc1ccc2nc(-c3ccc(NSCc4ccc(C(=O)O)cc4)cc3)sc2c1. The van der Waals surface area contributed by atoms with Gasteiger partial charge in [-0.05, 0) is 78.5 Å². The third-order valence-electron chi connectivity index (χ3n) is 4.31. The molecule has 3 aromatic carbocycles. The van der Waals surface area contributed by atoms with Crippen LogP contribution in [0.15, 0.2) is 66.7 Å². The Kier molecular flexibility index (Phi) is 5.32. The van der Waals surface area contributed by atoms with Gasteiger partial charge in [0.1, 0.15) is 5.01 Å². The van der Waals surface area contributed by atoms with Crippen LogP contribution in [-0.4, -0.2) is 16.1 Å². The molecule has 0 amide bonds. The minimum absolute atomic E-state index is 0.308. The second-order valence-corrected chi connectivity index (χ2v) is 8.27. The highest BCUT2D eigenvalue weighted by molar-refractivity contribution is 7.99. The zero-order chi connectivity index (χ0) is 19.5. The first-order valence-electron chi connectivity index (χ1n) is 8.76. The summed E-state index contributed by atoms with van der Waals surface area (Å²) < 4.78 is 4.54. The average molecular weight is 407 g/mol. The quantitative estimate of drug-likeness (QED) is 0.372. The van der Waals surface area contributed by atoms with E-state index in [-0.39, 0.29) is 0 Å². The van der Waals surface area contributed by atoms with Crippen molar-refractivity contribution in [3.63, 3.8) is 0 Å². The van der Waals surface area contributed by atoms with Gasteiger partial charge in [-0.2, -0.15) is 0 Å². The van der Waals surface area contributed by atoms with E-state index in [2.05, 4.69) is 42.0 Å². The van der Waals surface area contributed by atoms with E-state index in [1.807, 2.05) is 24.3 Å². The van der Waals surface area contributed by atoms with E-state index in [4.69, 9.17) is 10.1 Å². The molecule has 0 bridgehead atoms. The molecule has 4 nitrogen and oxygen atoms in total. The van der Waals surface area contributed by atoms with Gasteiger partial charge < -0.3 is 9.83 Å². The topological polar surface area (TPSA) is 62.2 Å². The summed E-state index contributed by atoms with van der Waals surface area (Å²) in [6.45, 7) is 2.09. The second kappa shape index (κ2) is 8.04. The van der Waals surface area contributed by atoms with Crippen LogP contribution >= 0.6 is 23.3 Å². The lowest BCUT2D eigenvalue weighted by Crippen LogP contribution is -1.96. The van der Waals surface area contributed by atoms with E-state index in [9.17, 15) is 4.79 Å². The van der Waals surface area contributed by atoms with Crippen molar-refractivity contribution in [3.8, 4) is 10.6 Å². The fourth-order valence-corrected chi connectivity index (χ4v) is 4.59. The van der Waals surface area contributed by atoms with Gasteiger partial charge in [-0.1, -0.05) is 18.2 Å². The lowest BCUT2D eigenvalue weighted by molar-refractivity contribution is 0.0697. The summed E-state index contributed by atoms with van der Waals surface area (Å²) in [5.41, 5.74) is 5.80. The lowest BCUT2D eigenvalue weighted by atomic mass is 10.1. The predicted octanol–water partition coefficient (Wildman–Crippen LogP) is 6.23. The van der Waals surface area contributed by atoms with Crippen LogP contribution in [0.4, 0.5) is 5.69 Å². The van der Waals surface area contributed by atoms with Crippen LogP contribution < -0.4 is 4.72 Å². The molecule has 0 unspecified atom stereocenters. The van der Waals surface area contributed by atoms with Crippen molar-refractivity contribution in [2.24, 2.45) is 0 Å². The molecule has 4 aromatic rings. The third kappa shape index (κ3) is 4.18. The van der Waals surface area contributed by atoms with Gasteiger partial charge in [0.15, 0.2) is 0 Å². The molecule has 0 spiro atoms. The highest BCUT2D eigenvalue weighted by atomic mass is 32.2. The minimum atomic E-state index is -0.902. The van der Waals surface area contributed by atoms with Crippen LogP contribution in [0.2, 0.25) is 0 Å². The number of benzene rings is 3. The Balaban J connectivity index is 1.38. The molecule has 0 aliphatic rings. The molecule has 6 heteroatoms. The Morgan fingerprint density at radius 3 is 2.54 bits per heavy atom. The first-order chi connectivity index (χ1) is 13.6. The van der Waals surface area contributed by atoms with E-state index >= 15 is 0 Å². The monoisotopic (exact) mass is 406 g/mol. The fourth-order valence-electron chi connectivity index (χ4n) is 2.78. The highest BCUT2D eigenvalue weighted by Crippen LogP contribution is 2.31. The molecule has 0 saturated carbocycles. The van der Waals surface area contributed by atoms with Crippen LogP contribution in [-0.2, 0) is 5.75 Å². The Morgan fingerprint density at radius 2 is 1.82 bits per heavy atom. The molecular weight excluding hydrogens is 388 g/mol. The van der Waals surface area contributed by atoms with Gasteiger partial charge >= 0.3 is 5.97 Å². The van der Waals surface area contributed by atoms with Gasteiger partial charge in [0, 0.05) is 17.0 Å².